The first-order valence-corrected chi connectivity index (χ1v) is 4.65. The van der Waals surface area contributed by atoms with Gasteiger partial charge in [-0.25, -0.2) is 4.98 Å². The highest BCUT2D eigenvalue weighted by atomic mass is 16.6. The third kappa shape index (κ3) is 2.00. The molecule has 1 aromatic carbocycles. The zero-order valence-corrected chi connectivity index (χ0v) is 8.41. The van der Waals surface area contributed by atoms with Gasteiger partial charge in [-0.05, 0) is 11.6 Å². The van der Waals surface area contributed by atoms with E-state index in [2.05, 4.69) is 4.98 Å². The lowest BCUT2D eigenvalue weighted by Gasteiger charge is -2.03. The van der Waals surface area contributed by atoms with Crippen molar-refractivity contribution in [2.45, 2.75) is 6.54 Å². The maximum absolute atomic E-state index is 10.6. The van der Waals surface area contributed by atoms with E-state index >= 15 is 0 Å². The summed E-state index contributed by atoms with van der Waals surface area (Å²) >= 11 is 0. The monoisotopic (exact) mass is 218 g/mol. The Kier molecular flexibility index (Phi) is 2.55. The topological polar surface area (TPSA) is 87.0 Å². The third-order valence-electron chi connectivity index (χ3n) is 2.21. The lowest BCUT2D eigenvalue weighted by Crippen LogP contribution is -2.00. The maximum atomic E-state index is 10.6. The normalized spacial score (nSPS) is 10.2. The minimum atomic E-state index is -0.490. The molecule has 0 spiro atoms. The van der Waals surface area contributed by atoms with Gasteiger partial charge < -0.3 is 10.3 Å². The first-order chi connectivity index (χ1) is 7.66. The Morgan fingerprint density at radius 2 is 2.31 bits per heavy atom. The van der Waals surface area contributed by atoms with Crippen LogP contribution in [0.1, 0.15) is 5.56 Å². The number of hydrogen-bond acceptors (Lipinski definition) is 4. The van der Waals surface area contributed by atoms with Crippen LogP contribution in [-0.2, 0) is 6.54 Å². The number of hydrogen-bond donors (Lipinski definition) is 1. The molecule has 0 bridgehead atoms. The molecule has 16 heavy (non-hydrogen) atoms. The van der Waals surface area contributed by atoms with Gasteiger partial charge in [-0.2, -0.15) is 0 Å². The van der Waals surface area contributed by atoms with Crippen LogP contribution < -0.4 is 5.73 Å². The zero-order chi connectivity index (χ0) is 11.5. The Hall–Kier alpha value is -2.37. The molecule has 1 aromatic heterocycles. The number of nitrogen functional groups attached to an aromatic ring is 1. The summed E-state index contributed by atoms with van der Waals surface area (Å²) in [6.45, 7) is 0.599. The Balaban J connectivity index is 2.24. The van der Waals surface area contributed by atoms with Crippen molar-refractivity contribution >= 4 is 11.4 Å². The predicted molar refractivity (Wildman–Crippen MR) is 58.8 cm³/mol. The van der Waals surface area contributed by atoms with Crippen LogP contribution in [0.4, 0.5) is 11.4 Å². The third-order valence-corrected chi connectivity index (χ3v) is 2.21. The number of benzene rings is 1. The Morgan fingerprint density at radius 3 is 2.88 bits per heavy atom. The molecule has 82 valence electrons. The molecule has 0 aliphatic carbocycles. The van der Waals surface area contributed by atoms with E-state index in [-0.39, 0.29) is 11.4 Å². The van der Waals surface area contributed by atoms with E-state index in [1.807, 2.05) is 10.8 Å². The number of anilines is 1. The van der Waals surface area contributed by atoms with E-state index in [0.29, 0.717) is 6.54 Å². The molecule has 1 heterocycles. The summed E-state index contributed by atoms with van der Waals surface area (Å²) in [5, 5.41) is 10.6. The average Bonchev–Trinajstić information content (AvgIpc) is 2.70. The van der Waals surface area contributed by atoms with Gasteiger partial charge in [-0.1, -0.05) is 6.07 Å². The number of rotatable bonds is 3. The van der Waals surface area contributed by atoms with Crippen LogP contribution in [0.15, 0.2) is 36.9 Å². The molecular formula is C10H10N4O2. The fraction of sp³-hybridized carbons (Fsp3) is 0.100. The molecule has 0 aliphatic rings. The van der Waals surface area contributed by atoms with Crippen molar-refractivity contribution in [2.24, 2.45) is 0 Å². The molecule has 0 atom stereocenters. The first-order valence-electron chi connectivity index (χ1n) is 4.65. The van der Waals surface area contributed by atoms with Crippen LogP contribution in [0.3, 0.4) is 0 Å². The molecule has 0 radical (unpaired) electrons. The minimum Gasteiger partial charge on any atom is -0.393 e. The van der Waals surface area contributed by atoms with Crippen LogP contribution >= 0.6 is 0 Å². The molecular weight excluding hydrogens is 208 g/mol. The van der Waals surface area contributed by atoms with Crippen LogP contribution in [0.25, 0.3) is 0 Å². The molecule has 2 N–H and O–H groups in total. The van der Waals surface area contributed by atoms with Crippen molar-refractivity contribution in [1.29, 1.82) is 0 Å². The highest BCUT2D eigenvalue weighted by Crippen LogP contribution is 2.22. The summed E-state index contributed by atoms with van der Waals surface area (Å²) in [6.07, 6.45) is 5.17. The summed E-state index contributed by atoms with van der Waals surface area (Å²) in [7, 11) is 0. The number of nitrogens with two attached hydrogens (primary N) is 1. The fourth-order valence-corrected chi connectivity index (χ4v) is 1.46. The lowest BCUT2D eigenvalue weighted by molar-refractivity contribution is -0.383. The van der Waals surface area contributed by atoms with Gasteiger partial charge in [0.05, 0.1) is 11.3 Å². The van der Waals surface area contributed by atoms with Crippen LogP contribution in [0.5, 0.6) is 0 Å². The van der Waals surface area contributed by atoms with Crippen molar-refractivity contribution in [3.63, 3.8) is 0 Å². The number of imidazole rings is 1. The predicted octanol–water partition coefficient (Wildman–Crippen LogP) is 1.42. The molecule has 0 saturated heterocycles. The zero-order valence-electron chi connectivity index (χ0n) is 8.41. The second-order valence-electron chi connectivity index (χ2n) is 3.39. The molecule has 0 fully saturated rings. The highest BCUT2D eigenvalue weighted by Gasteiger charge is 2.10. The van der Waals surface area contributed by atoms with Gasteiger partial charge in [0.25, 0.3) is 5.69 Å². The standard InChI is InChI=1S/C10H10N4O2/c11-9-5-8(1-2-10(9)14(15)16)6-13-4-3-12-7-13/h1-5,7H,6,11H2. The van der Waals surface area contributed by atoms with Gasteiger partial charge in [0.15, 0.2) is 0 Å². The van der Waals surface area contributed by atoms with E-state index in [0.717, 1.165) is 5.56 Å². The van der Waals surface area contributed by atoms with Crippen molar-refractivity contribution < 1.29 is 4.92 Å². The summed E-state index contributed by atoms with van der Waals surface area (Å²) in [5.74, 6) is 0. The number of aromatic nitrogens is 2. The molecule has 0 unspecified atom stereocenters. The first kappa shape index (κ1) is 10.2. The molecule has 2 aromatic rings. The second kappa shape index (κ2) is 4.01. The van der Waals surface area contributed by atoms with Crippen LogP contribution in [0, 0.1) is 10.1 Å². The Bertz CT molecular complexity index is 508. The van der Waals surface area contributed by atoms with Crippen LogP contribution in [-0.4, -0.2) is 14.5 Å². The summed E-state index contributed by atoms with van der Waals surface area (Å²) in [4.78, 5) is 14.0. The number of nitro groups is 1. The second-order valence-corrected chi connectivity index (χ2v) is 3.39. The quantitative estimate of drug-likeness (QED) is 0.479. The molecule has 6 heteroatoms. The summed E-state index contributed by atoms with van der Waals surface area (Å²) in [6, 6.07) is 4.72. The van der Waals surface area contributed by atoms with Gasteiger partial charge in [0.2, 0.25) is 0 Å². The van der Waals surface area contributed by atoms with E-state index in [1.165, 1.54) is 6.07 Å². The largest absolute Gasteiger partial charge is 0.393 e. The minimum absolute atomic E-state index is 0.0608. The Morgan fingerprint density at radius 1 is 1.50 bits per heavy atom. The average molecular weight is 218 g/mol. The SMILES string of the molecule is Nc1cc(Cn2ccnc2)ccc1[N+](=O)[O-]. The summed E-state index contributed by atoms with van der Waals surface area (Å²) in [5.41, 5.74) is 6.61. The van der Waals surface area contributed by atoms with Crippen molar-refractivity contribution in [3.05, 3.63) is 52.6 Å². The van der Waals surface area contributed by atoms with Gasteiger partial charge in [0, 0.05) is 25.0 Å². The molecule has 2 rings (SSSR count). The van der Waals surface area contributed by atoms with E-state index in [9.17, 15) is 10.1 Å². The molecule has 6 nitrogen and oxygen atoms in total. The maximum Gasteiger partial charge on any atom is 0.292 e. The van der Waals surface area contributed by atoms with Crippen LogP contribution in [0.2, 0.25) is 0 Å². The van der Waals surface area contributed by atoms with Gasteiger partial charge >= 0.3 is 0 Å². The van der Waals surface area contributed by atoms with Gasteiger partial charge in [0.1, 0.15) is 5.69 Å². The van der Waals surface area contributed by atoms with Crippen molar-refractivity contribution in [3.8, 4) is 0 Å². The van der Waals surface area contributed by atoms with Crippen molar-refractivity contribution in [2.75, 3.05) is 5.73 Å². The number of nitrogens with zero attached hydrogens (tertiary/aromatic N) is 3. The molecule has 0 aliphatic heterocycles. The van der Waals surface area contributed by atoms with Crippen molar-refractivity contribution in [1.82, 2.24) is 9.55 Å². The molecule has 0 saturated carbocycles. The van der Waals surface area contributed by atoms with E-state index in [4.69, 9.17) is 5.73 Å². The number of nitro benzene ring substituents is 1. The van der Waals surface area contributed by atoms with E-state index < -0.39 is 4.92 Å². The van der Waals surface area contributed by atoms with Gasteiger partial charge in [-0.3, -0.25) is 10.1 Å². The van der Waals surface area contributed by atoms with E-state index in [1.54, 1.807) is 24.7 Å². The lowest BCUT2D eigenvalue weighted by atomic mass is 10.2. The summed E-state index contributed by atoms with van der Waals surface area (Å²) < 4.78 is 1.86. The molecule has 0 amide bonds. The Labute approximate surface area is 91.5 Å². The smallest absolute Gasteiger partial charge is 0.292 e. The highest BCUT2D eigenvalue weighted by molar-refractivity contribution is 5.59. The van der Waals surface area contributed by atoms with Gasteiger partial charge in [-0.15, -0.1) is 0 Å². The fourth-order valence-electron chi connectivity index (χ4n) is 1.46.